The van der Waals surface area contributed by atoms with Gasteiger partial charge in [0.2, 0.25) is 0 Å². The molecule has 6 heteroatoms. The molecule has 0 spiro atoms. The summed E-state index contributed by atoms with van der Waals surface area (Å²) in [7, 11) is -3.31. The molecular weight excluding hydrogens is 256 g/mol. The molecule has 0 aliphatic carbocycles. The van der Waals surface area contributed by atoms with Crippen molar-refractivity contribution in [2.45, 2.75) is 9.96 Å². The summed E-state index contributed by atoms with van der Waals surface area (Å²) in [6, 6.07) is 8.25. The standard InChI is InChI=1S/C11H8N2O2S2/c12-7-10-6-9(3-4-13-10)8-17(14,15)11-2-1-5-16-11/h1-6H,8H2. The summed E-state index contributed by atoms with van der Waals surface area (Å²) < 4.78 is 24.3. The summed E-state index contributed by atoms with van der Waals surface area (Å²) in [5, 5.41) is 10.4. The van der Waals surface area contributed by atoms with Gasteiger partial charge in [0.15, 0.2) is 9.84 Å². The van der Waals surface area contributed by atoms with E-state index in [9.17, 15) is 8.42 Å². The average Bonchev–Trinajstić information content (AvgIpc) is 2.83. The summed E-state index contributed by atoms with van der Waals surface area (Å²) in [6.07, 6.45) is 1.44. The smallest absolute Gasteiger partial charge is 0.191 e. The van der Waals surface area contributed by atoms with E-state index >= 15 is 0 Å². The third-order valence-corrected chi connectivity index (χ3v) is 5.27. The molecule has 0 aliphatic rings. The van der Waals surface area contributed by atoms with Gasteiger partial charge in [-0.05, 0) is 29.1 Å². The van der Waals surface area contributed by atoms with Crippen LogP contribution in [0.2, 0.25) is 0 Å². The topological polar surface area (TPSA) is 70.8 Å². The van der Waals surface area contributed by atoms with Gasteiger partial charge in [-0.15, -0.1) is 11.3 Å². The summed E-state index contributed by atoms with van der Waals surface area (Å²) in [6.45, 7) is 0. The third kappa shape index (κ3) is 2.70. The van der Waals surface area contributed by atoms with Crippen molar-refractivity contribution in [3.63, 3.8) is 0 Å². The minimum atomic E-state index is -3.31. The second-order valence-electron chi connectivity index (χ2n) is 3.35. The summed E-state index contributed by atoms with van der Waals surface area (Å²) >= 11 is 1.19. The largest absolute Gasteiger partial charge is 0.246 e. The van der Waals surface area contributed by atoms with E-state index in [1.807, 2.05) is 6.07 Å². The Morgan fingerprint density at radius 1 is 1.41 bits per heavy atom. The van der Waals surface area contributed by atoms with E-state index < -0.39 is 9.84 Å². The van der Waals surface area contributed by atoms with Crippen LogP contribution in [0.3, 0.4) is 0 Å². The Morgan fingerprint density at radius 2 is 2.24 bits per heavy atom. The van der Waals surface area contributed by atoms with E-state index in [-0.39, 0.29) is 11.4 Å². The van der Waals surface area contributed by atoms with Crippen LogP contribution >= 0.6 is 11.3 Å². The number of hydrogen-bond donors (Lipinski definition) is 0. The lowest BCUT2D eigenvalue weighted by atomic mass is 10.2. The fraction of sp³-hybridized carbons (Fsp3) is 0.0909. The number of thiophene rings is 1. The van der Waals surface area contributed by atoms with Crippen molar-refractivity contribution in [3.05, 3.63) is 47.1 Å². The van der Waals surface area contributed by atoms with Crippen molar-refractivity contribution >= 4 is 21.2 Å². The molecule has 2 aromatic heterocycles. The monoisotopic (exact) mass is 264 g/mol. The van der Waals surface area contributed by atoms with Crippen molar-refractivity contribution in [2.75, 3.05) is 0 Å². The van der Waals surface area contributed by atoms with Crippen molar-refractivity contribution in [2.24, 2.45) is 0 Å². The molecule has 0 N–H and O–H groups in total. The fourth-order valence-corrected chi connectivity index (χ4v) is 3.78. The lowest BCUT2D eigenvalue weighted by Gasteiger charge is -2.01. The second kappa shape index (κ2) is 4.65. The molecule has 0 unspecified atom stereocenters. The van der Waals surface area contributed by atoms with Crippen LogP contribution in [0.25, 0.3) is 0 Å². The lowest BCUT2D eigenvalue weighted by molar-refractivity contribution is 0.597. The predicted octanol–water partition coefficient (Wildman–Crippen LogP) is 1.99. The molecular formula is C11H8N2O2S2. The van der Waals surface area contributed by atoms with E-state index in [0.717, 1.165) is 0 Å². The molecule has 17 heavy (non-hydrogen) atoms. The Balaban J connectivity index is 2.30. The van der Waals surface area contributed by atoms with Gasteiger partial charge >= 0.3 is 0 Å². The van der Waals surface area contributed by atoms with Gasteiger partial charge in [0.05, 0.1) is 5.75 Å². The number of sulfone groups is 1. The molecule has 0 aliphatic heterocycles. The molecule has 0 bridgehead atoms. The lowest BCUT2D eigenvalue weighted by Crippen LogP contribution is -2.03. The van der Waals surface area contributed by atoms with Crippen LogP contribution in [-0.2, 0) is 15.6 Å². The first-order valence-electron chi connectivity index (χ1n) is 4.73. The maximum atomic E-state index is 12.0. The molecule has 2 aromatic rings. The Hall–Kier alpha value is -1.71. The first kappa shape index (κ1) is 11.8. The van der Waals surface area contributed by atoms with Crippen LogP contribution in [0.15, 0.2) is 40.1 Å². The summed E-state index contributed by atoms with van der Waals surface area (Å²) in [5.41, 5.74) is 0.800. The van der Waals surface area contributed by atoms with Crippen LogP contribution in [0.5, 0.6) is 0 Å². The van der Waals surface area contributed by atoms with Crippen LogP contribution in [0, 0.1) is 11.3 Å². The van der Waals surface area contributed by atoms with Crippen LogP contribution < -0.4 is 0 Å². The number of nitrogens with zero attached hydrogens (tertiary/aromatic N) is 2. The molecule has 2 heterocycles. The highest BCUT2D eigenvalue weighted by Gasteiger charge is 2.16. The fourth-order valence-electron chi connectivity index (χ4n) is 1.36. The summed E-state index contributed by atoms with van der Waals surface area (Å²) in [5.74, 6) is -0.106. The second-order valence-corrected chi connectivity index (χ2v) is 6.52. The van der Waals surface area contributed by atoms with Crippen LogP contribution in [0.1, 0.15) is 11.3 Å². The molecule has 0 saturated carbocycles. The first-order chi connectivity index (χ1) is 8.12. The van der Waals surface area contributed by atoms with E-state index in [1.54, 1.807) is 23.6 Å². The van der Waals surface area contributed by atoms with E-state index in [2.05, 4.69) is 4.98 Å². The molecule has 4 nitrogen and oxygen atoms in total. The van der Waals surface area contributed by atoms with Crippen molar-refractivity contribution in [3.8, 4) is 6.07 Å². The normalized spacial score (nSPS) is 11.0. The third-order valence-electron chi connectivity index (χ3n) is 2.10. The Kier molecular flexibility index (Phi) is 3.22. The molecule has 0 saturated heterocycles. The van der Waals surface area contributed by atoms with Gasteiger partial charge < -0.3 is 0 Å². The van der Waals surface area contributed by atoms with Gasteiger partial charge in [-0.2, -0.15) is 5.26 Å². The SMILES string of the molecule is N#Cc1cc(CS(=O)(=O)c2cccs2)ccn1. The minimum absolute atomic E-state index is 0.106. The van der Waals surface area contributed by atoms with E-state index in [1.165, 1.54) is 23.6 Å². The molecule has 0 fully saturated rings. The molecule has 86 valence electrons. The number of pyridine rings is 1. The average molecular weight is 264 g/mol. The predicted molar refractivity (Wildman–Crippen MR) is 64.2 cm³/mol. The highest BCUT2D eigenvalue weighted by Crippen LogP contribution is 2.21. The zero-order valence-corrected chi connectivity index (χ0v) is 10.3. The maximum Gasteiger partial charge on any atom is 0.191 e. The maximum absolute atomic E-state index is 12.0. The highest BCUT2D eigenvalue weighted by atomic mass is 32.2. The molecule has 0 aromatic carbocycles. The number of hydrogen-bond acceptors (Lipinski definition) is 5. The van der Waals surface area contributed by atoms with Gasteiger partial charge in [0.25, 0.3) is 0 Å². The molecule has 0 amide bonds. The van der Waals surface area contributed by atoms with E-state index in [0.29, 0.717) is 9.77 Å². The number of aromatic nitrogens is 1. The van der Waals surface area contributed by atoms with Gasteiger partial charge in [-0.25, -0.2) is 13.4 Å². The van der Waals surface area contributed by atoms with E-state index in [4.69, 9.17) is 5.26 Å². The quantitative estimate of drug-likeness (QED) is 0.850. The summed E-state index contributed by atoms with van der Waals surface area (Å²) in [4.78, 5) is 3.80. The Morgan fingerprint density at radius 3 is 2.88 bits per heavy atom. The number of nitriles is 1. The van der Waals surface area contributed by atoms with Crippen LogP contribution in [-0.4, -0.2) is 13.4 Å². The van der Waals surface area contributed by atoms with Gasteiger partial charge in [-0.3, -0.25) is 0 Å². The zero-order valence-electron chi connectivity index (χ0n) is 8.70. The first-order valence-corrected chi connectivity index (χ1v) is 7.26. The zero-order chi connectivity index (χ0) is 12.3. The number of rotatable bonds is 3. The van der Waals surface area contributed by atoms with Crippen molar-refractivity contribution < 1.29 is 8.42 Å². The molecule has 2 rings (SSSR count). The highest BCUT2D eigenvalue weighted by molar-refractivity contribution is 7.92. The molecule has 0 atom stereocenters. The molecule has 0 radical (unpaired) electrons. The minimum Gasteiger partial charge on any atom is -0.246 e. The Bertz CT molecular complexity index is 655. The van der Waals surface area contributed by atoms with Crippen molar-refractivity contribution in [1.29, 1.82) is 5.26 Å². The van der Waals surface area contributed by atoms with Gasteiger partial charge in [-0.1, -0.05) is 6.07 Å². The van der Waals surface area contributed by atoms with Crippen LogP contribution in [0.4, 0.5) is 0 Å². The Labute approximate surface area is 103 Å². The van der Waals surface area contributed by atoms with Gasteiger partial charge in [0.1, 0.15) is 16.0 Å². The van der Waals surface area contributed by atoms with Gasteiger partial charge in [0, 0.05) is 6.20 Å². The van der Waals surface area contributed by atoms with Crippen molar-refractivity contribution in [1.82, 2.24) is 4.98 Å².